The highest BCUT2D eigenvalue weighted by molar-refractivity contribution is 6.34. The molecular formula is C16H17ClN2O4. The number of anilines is 1. The third-order valence-electron chi connectivity index (χ3n) is 4.56. The Labute approximate surface area is 138 Å². The van der Waals surface area contributed by atoms with Crippen LogP contribution < -0.4 is 4.90 Å². The third-order valence-corrected chi connectivity index (χ3v) is 4.88. The first-order valence-corrected chi connectivity index (χ1v) is 7.85. The van der Waals surface area contributed by atoms with E-state index in [9.17, 15) is 14.4 Å². The molecule has 1 aliphatic carbocycles. The number of rotatable bonds is 4. The first-order chi connectivity index (χ1) is 10.9. The van der Waals surface area contributed by atoms with Crippen LogP contribution in [0.4, 0.5) is 5.69 Å². The van der Waals surface area contributed by atoms with Gasteiger partial charge in [0.2, 0.25) is 11.8 Å². The van der Waals surface area contributed by atoms with Crippen molar-refractivity contribution in [1.82, 2.24) is 4.90 Å². The van der Waals surface area contributed by atoms with Gasteiger partial charge in [0.1, 0.15) is 6.04 Å². The van der Waals surface area contributed by atoms with E-state index < -0.39 is 23.8 Å². The number of hydrogen-bond acceptors (Lipinski definition) is 3. The number of halogens is 1. The summed E-state index contributed by atoms with van der Waals surface area (Å²) in [4.78, 5) is 38.8. The highest BCUT2D eigenvalue weighted by atomic mass is 35.5. The third kappa shape index (κ3) is 2.79. The van der Waals surface area contributed by atoms with E-state index >= 15 is 0 Å². The number of likely N-dealkylation sites (N-methyl/N-ethyl adjacent to an activating group) is 1. The lowest BCUT2D eigenvalue weighted by atomic mass is 10.2. The molecule has 2 fully saturated rings. The number of carboxylic acids is 1. The SMILES string of the molecule is CN(C(=O)C1CC1C(=O)O)C1CCN(c2ccccc2Cl)C1=O. The van der Waals surface area contributed by atoms with Gasteiger partial charge in [-0.25, -0.2) is 0 Å². The van der Waals surface area contributed by atoms with E-state index in [0.29, 0.717) is 30.1 Å². The number of nitrogens with zero attached hydrogens (tertiary/aromatic N) is 2. The summed E-state index contributed by atoms with van der Waals surface area (Å²) < 4.78 is 0. The Kier molecular flexibility index (Phi) is 4.02. The molecule has 23 heavy (non-hydrogen) atoms. The zero-order valence-electron chi connectivity index (χ0n) is 12.6. The predicted molar refractivity (Wildman–Crippen MR) is 84.2 cm³/mol. The van der Waals surface area contributed by atoms with Gasteiger partial charge in [-0.05, 0) is 25.0 Å². The summed E-state index contributed by atoms with van der Waals surface area (Å²) in [6.07, 6.45) is 0.865. The van der Waals surface area contributed by atoms with Gasteiger partial charge in [-0.15, -0.1) is 0 Å². The van der Waals surface area contributed by atoms with Crippen molar-refractivity contribution in [3.63, 3.8) is 0 Å². The maximum absolute atomic E-state index is 12.6. The molecule has 3 atom stereocenters. The van der Waals surface area contributed by atoms with Crippen LogP contribution in [0, 0.1) is 11.8 Å². The fourth-order valence-electron chi connectivity index (χ4n) is 3.09. The van der Waals surface area contributed by atoms with Gasteiger partial charge in [-0.3, -0.25) is 14.4 Å². The molecule has 3 rings (SSSR count). The lowest BCUT2D eigenvalue weighted by Crippen LogP contribution is -2.44. The van der Waals surface area contributed by atoms with Crippen LogP contribution >= 0.6 is 11.6 Å². The predicted octanol–water partition coefficient (Wildman–Crippen LogP) is 1.62. The summed E-state index contributed by atoms with van der Waals surface area (Å²) in [5.41, 5.74) is 0.636. The molecule has 1 aromatic carbocycles. The highest BCUT2D eigenvalue weighted by Gasteiger charge is 2.51. The van der Waals surface area contributed by atoms with E-state index in [1.807, 2.05) is 0 Å². The number of carbonyl (C=O) groups excluding carboxylic acids is 2. The fourth-order valence-corrected chi connectivity index (χ4v) is 3.33. The minimum atomic E-state index is -0.952. The van der Waals surface area contributed by atoms with Crippen molar-refractivity contribution in [3.05, 3.63) is 29.3 Å². The first kappa shape index (κ1) is 15.8. The Morgan fingerprint density at radius 3 is 2.61 bits per heavy atom. The zero-order valence-corrected chi connectivity index (χ0v) is 13.4. The number of carboxylic acid groups (broad SMARTS) is 1. The second kappa shape index (κ2) is 5.85. The number of para-hydroxylation sites is 1. The Morgan fingerprint density at radius 1 is 1.30 bits per heavy atom. The van der Waals surface area contributed by atoms with Crippen molar-refractivity contribution in [2.45, 2.75) is 18.9 Å². The summed E-state index contributed by atoms with van der Waals surface area (Å²) in [7, 11) is 1.57. The van der Waals surface area contributed by atoms with Crippen molar-refractivity contribution in [2.24, 2.45) is 11.8 Å². The summed E-state index contributed by atoms with van der Waals surface area (Å²) in [5.74, 6) is -2.51. The molecule has 1 aliphatic heterocycles. The van der Waals surface area contributed by atoms with E-state index in [1.165, 1.54) is 4.90 Å². The van der Waals surface area contributed by atoms with Gasteiger partial charge in [0, 0.05) is 13.6 Å². The quantitative estimate of drug-likeness (QED) is 0.906. The Bertz CT molecular complexity index is 678. The Hall–Kier alpha value is -2.08. The molecule has 2 aliphatic rings. The molecule has 0 spiro atoms. The molecule has 1 N–H and O–H groups in total. The minimum Gasteiger partial charge on any atom is -0.481 e. The lowest BCUT2D eigenvalue weighted by Gasteiger charge is -2.24. The number of benzene rings is 1. The minimum absolute atomic E-state index is 0.179. The molecule has 122 valence electrons. The first-order valence-electron chi connectivity index (χ1n) is 7.47. The molecule has 0 bridgehead atoms. The smallest absolute Gasteiger partial charge is 0.307 e. The number of amides is 2. The van der Waals surface area contributed by atoms with Crippen LogP contribution in [-0.2, 0) is 14.4 Å². The van der Waals surface area contributed by atoms with Crippen molar-refractivity contribution in [3.8, 4) is 0 Å². The van der Waals surface area contributed by atoms with Crippen molar-refractivity contribution >= 4 is 35.1 Å². The van der Waals surface area contributed by atoms with Crippen LogP contribution in [0.25, 0.3) is 0 Å². The van der Waals surface area contributed by atoms with Gasteiger partial charge in [0.25, 0.3) is 0 Å². The normalized spacial score (nSPS) is 26.3. The topological polar surface area (TPSA) is 77.9 Å². The van der Waals surface area contributed by atoms with Crippen molar-refractivity contribution in [1.29, 1.82) is 0 Å². The molecule has 1 saturated carbocycles. The molecule has 1 aromatic rings. The van der Waals surface area contributed by atoms with Gasteiger partial charge in [0.15, 0.2) is 0 Å². The van der Waals surface area contributed by atoms with Crippen LogP contribution in [0.2, 0.25) is 5.02 Å². The Morgan fingerprint density at radius 2 is 2.00 bits per heavy atom. The molecule has 2 amide bonds. The van der Waals surface area contributed by atoms with Crippen molar-refractivity contribution < 1.29 is 19.5 Å². The van der Waals surface area contributed by atoms with E-state index in [0.717, 1.165) is 0 Å². The van der Waals surface area contributed by atoms with Crippen LogP contribution in [0.1, 0.15) is 12.8 Å². The summed E-state index contributed by atoms with van der Waals surface area (Å²) in [6, 6.07) is 6.52. The average molecular weight is 337 g/mol. The standard InChI is InChI=1S/C16H17ClN2O4/c1-18(14(20)9-8-10(9)16(22)23)13-6-7-19(15(13)21)12-5-3-2-4-11(12)17/h2-5,9-10,13H,6-8H2,1H3,(H,22,23). The molecule has 0 aromatic heterocycles. The maximum atomic E-state index is 12.6. The second-order valence-corrected chi connectivity index (χ2v) is 6.39. The van der Waals surface area contributed by atoms with E-state index in [-0.39, 0.29) is 11.8 Å². The number of aliphatic carboxylic acids is 1. The highest BCUT2D eigenvalue weighted by Crippen LogP contribution is 2.41. The van der Waals surface area contributed by atoms with Crippen LogP contribution in [0.15, 0.2) is 24.3 Å². The van der Waals surface area contributed by atoms with Crippen LogP contribution in [0.3, 0.4) is 0 Å². The van der Waals surface area contributed by atoms with Crippen LogP contribution in [-0.4, -0.2) is 47.4 Å². The van der Waals surface area contributed by atoms with Gasteiger partial charge < -0.3 is 14.9 Å². The molecule has 1 saturated heterocycles. The monoisotopic (exact) mass is 336 g/mol. The number of hydrogen-bond donors (Lipinski definition) is 1. The van der Waals surface area contributed by atoms with Gasteiger partial charge in [-0.1, -0.05) is 23.7 Å². The molecule has 1 heterocycles. The Balaban J connectivity index is 1.71. The van der Waals surface area contributed by atoms with E-state index in [4.69, 9.17) is 16.7 Å². The summed E-state index contributed by atoms with van der Waals surface area (Å²) in [6.45, 7) is 0.484. The van der Waals surface area contributed by atoms with E-state index in [1.54, 1.807) is 36.2 Å². The second-order valence-electron chi connectivity index (χ2n) is 5.98. The summed E-state index contributed by atoms with van der Waals surface area (Å²) >= 11 is 6.13. The fraction of sp³-hybridized carbons (Fsp3) is 0.438. The maximum Gasteiger partial charge on any atom is 0.307 e. The number of carbonyl (C=O) groups is 3. The molecule has 7 heteroatoms. The largest absolute Gasteiger partial charge is 0.481 e. The average Bonchev–Trinajstić information content (AvgIpc) is 3.24. The van der Waals surface area contributed by atoms with Crippen molar-refractivity contribution in [2.75, 3.05) is 18.5 Å². The lowest BCUT2D eigenvalue weighted by molar-refractivity contribution is -0.143. The molecule has 6 nitrogen and oxygen atoms in total. The molecule has 0 radical (unpaired) electrons. The molecule has 3 unspecified atom stereocenters. The zero-order chi connectivity index (χ0) is 16.7. The molecular weight excluding hydrogens is 320 g/mol. The summed E-state index contributed by atoms with van der Waals surface area (Å²) in [5, 5.41) is 9.42. The van der Waals surface area contributed by atoms with Gasteiger partial charge in [-0.2, -0.15) is 0 Å². The van der Waals surface area contributed by atoms with Gasteiger partial charge >= 0.3 is 5.97 Å². The van der Waals surface area contributed by atoms with Crippen LogP contribution in [0.5, 0.6) is 0 Å². The van der Waals surface area contributed by atoms with E-state index in [2.05, 4.69) is 0 Å². The van der Waals surface area contributed by atoms with Gasteiger partial charge in [0.05, 0.1) is 22.5 Å².